The molecule has 3 heteroatoms. The molecule has 0 aliphatic carbocycles. The molecule has 0 saturated heterocycles. The van der Waals surface area contributed by atoms with Gasteiger partial charge in [0.25, 0.3) is 0 Å². The highest BCUT2D eigenvalue weighted by Crippen LogP contribution is 2.09. The van der Waals surface area contributed by atoms with Crippen LogP contribution in [0.2, 0.25) is 0 Å². The van der Waals surface area contributed by atoms with Crippen LogP contribution in [0, 0.1) is 0 Å². The molecule has 0 aliphatic heterocycles. The number of hydrogen-bond acceptors (Lipinski definition) is 3. The van der Waals surface area contributed by atoms with Gasteiger partial charge in [0.2, 0.25) is 0 Å². The third-order valence-electron chi connectivity index (χ3n) is 1.73. The van der Waals surface area contributed by atoms with E-state index in [0.717, 1.165) is 5.69 Å². The number of rotatable bonds is 2. The third kappa shape index (κ3) is 1.90. The van der Waals surface area contributed by atoms with Crippen molar-refractivity contribution >= 4 is 5.69 Å². The summed E-state index contributed by atoms with van der Waals surface area (Å²) in [4.78, 5) is 10.00. The first kappa shape index (κ1) is 7.98. The van der Waals surface area contributed by atoms with E-state index in [1.165, 1.54) is 6.33 Å². The number of aromatic nitrogens is 2. The lowest BCUT2D eigenvalue weighted by atomic mass is 10.3. The van der Waals surface area contributed by atoms with Crippen molar-refractivity contribution in [2.75, 3.05) is 11.9 Å². The molecular weight excluding hydrogens is 138 g/mol. The number of hydrogen-bond donors (Lipinski definition) is 0. The van der Waals surface area contributed by atoms with Crippen LogP contribution in [0.25, 0.3) is 0 Å². The molecule has 0 aromatic carbocycles. The van der Waals surface area contributed by atoms with Crippen LogP contribution in [0.4, 0.5) is 5.69 Å². The summed E-state index contributed by atoms with van der Waals surface area (Å²) in [6.45, 7) is 4.26. The van der Waals surface area contributed by atoms with Crippen LogP contribution >= 0.6 is 0 Å². The molecule has 1 rings (SSSR count). The maximum atomic E-state index is 3.94. The van der Waals surface area contributed by atoms with Crippen molar-refractivity contribution in [2.45, 2.75) is 19.9 Å². The molecule has 1 aromatic heterocycles. The van der Waals surface area contributed by atoms with Gasteiger partial charge in [-0.3, -0.25) is 0 Å². The summed E-state index contributed by atoms with van der Waals surface area (Å²) in [5.74, 6) is 0. The normalized spacial score (nSPS) is 10.2. The molecule has 11 heavy (non-hydrogen) atoms. The minimum atomic E-state index is 0.487. The lowest BCUT2D eigenvalue weighted by Gasteiger charge is -2.22. The maximum Gasteiger partial charge on any atom is 0.115 e. The number of nitrogens with zero attached hydrogens (tertiary/aromatic N) is 3. The Morgan fingerprint density at radius 3 is 2.27 bits per heavy atom. The molecule has 1 aromatic rings. The van der Waals surface area contributed by atoms with Crippen LogP contribution in [0.1, 0.15) is 13.8 Å². The molecule has 0 fully saturated rings. The fraction of sp³-hybridized carbons (Fsp3) is 0.500. The van der Waals surface area contributed by atoms with Crippen LogP contribution in [0.3, 0.4) is 0 Å². The summed E-state index contributed by atoms with van der Waals surface area (Å²) in [7, 11) is 2.03. The molecule has 0 bridgehead atoms. The topological polar surface area (TPSA) is 29.0 Å². The van der Waals surface area contributed by atoms with E-state index < -0.39 is 0 Å². The average Bonchev–Trinajstić information content (AvgIpc) is 2.05. The van der Waals surface area contributed by atoms with Gasteiger partial charge < -0.3 is 4.90 Å². The Kier molecular flexibility index (Phi) is 2.41. The smallest absolute Gasteiger partial charge is 0.115 e. The predicted octanol–water partition coefficient (Wildman–Crippen LogP) is 1.32. The van der Waals surface area contributed by atoms with Crippen LogP contribution in [-0.2, 0) is 0 Å². The summed E-state index contributed by atoms with van der Waals surface area (Å²) in [6.07, 6.45) is 5.16. The third-order valence-corrected chi connectivity index (χ3v) is 1.73. The van der Waals surface area contributed by atoms with Gasteiger partial charge >= 0.3 is 0 Å². The predicted molar refractivity (Wildman–Crippen MR) is 45.6 cm³/mol. The molecule has 0 atom stereocenters. The highest BCUT2D eigenvalue weighted by Gasteiger charge is 2.03. The quantitative estimate of drug-likeness (QED) is 0.638. The Hall–Kier alpha value is -1.12. The zero-order valence-electron chi connectivity index (χ0n) is 7.15. The Morgan fingerprint density at radius 1 is 1.27 bits per heavy atom. The molecule has 1 heterocycles. The largest absolute Gasteiger partial charge is 0.370 e. The molecule has 0 saturated carbocycles. The van der Waals surface area contributed by atoms with Gasteiger partial charge in [0.1, 0.15) is 6.33 Å². The molecule has 60 valence electrons. The van der Waals surface area contributed by atoms with Crippen LogP contribution in [-0.4, -0.2) is 23.1 Å². The summed E-state index contributed by atoms with van der Waals surface area (Å²) in [5, 5.41) is 0. The second-order valence-corrected chi connectivity index (χ2v) is 2.80. The van der Waals surface area contributed by atoms with Crippen LogP contribution < -0.4 is 4.90 Å². The van der Waals surface area contributed by atoms with E-state index in [9.17, 15) is 0 Å². The lowest BCUT2D eigenvalue weighted by Crippen LogP contribution is -2.25. The van der Waals surface area contributed by atoms with Gasteiger partial charge in [-0.25, -0.2) is 9.97 Å². The maximum absolute atomic E-state index is 3.94. The monoisotopic (exact) mass is 151 g/mol. The Bertz CT molecular complexity index is 208. The molecule has 3 nitrogen and oxygen atoms in total. The van der Waals surface area contributed by atoms with Gasteiger partial charge in [-0.05, 0) is 13.8 Å². The lowest BCUT2D eigenvalue weighted by molar-refractivity contribution is 0.750. The van der Waals surface area contributed by atoms with Gasteiger partial charge in [0.05, 0.1) is 18.1 Å². The van der Waals surface area contributed by atoms with Gasteiger partial charge in [0, 0.05) is 13.1 Å². The zero-order valence-corrected chi connectivity index (χ0v) is 7.15. The second kappa shape index (κ2) is 3.32. The van der Waals surface area contributed by atoms with E-state index >= 15 is 0 Å². The molecule has 0 amide bonds. The van der Waals surface area contributed by atoms with Crippen molar-refractivity contribution in [3.63, 3.8) is 0 Å². The fourth-order valence-electron chi connectivity index (χ4n) is 0.772. The van der Waals surface area contributed by atoms with Crippen molar-refractivity contribution in [3.05, 3.63) is 18.7 Å². The van der Waals surface area contributed by atoms with E-state index in [2.05, 4.69) is 28.7 Å². The molecular formula is C8H13N3. The minimum absolute atomic E-state index is 0.487. The van der Waals surface area contributed by atoms with E-state index in [1.807, 2.05) is 19.4 Å². The summed E-state index contributed by atoms with van der Waals surface area (Å²) >= 11 is 0. The van der Waals surface area contributed by atoms with Gasteiger partial charge in [-0.15, -0.1) is 0 Å². The van der Waals surface area contributed by atoms with Crippen molar-refractivity contribution < 1.29 is 0 Å². The van der Waals surface area contributed by atoms with Gasteiger partial charge in [0.15, 0.2) is 0 Å². The van der Waals surface area contributed by atoms with Crippen LogP contribution in [0.15, 0.2) is 18.7 Å². The SMILES string of the molecule is CC(C)N(C)c1cncnc1. The van der Waals surface area contributed by atoms with Crippen molar-refractivity contribution in [1.29, 1.82) is 0 Å². The van der Waals surface area contributed by atoms with Gasteiger partial charge in [-0.1, -0.05) is 0 Å². The highest BCUT2D eigenvalue weighted by atomic mass is 15.1. The first-order valence-corrected chi connectivity index (χ1v) is 3.69. The summed E-state index contributed by atoms with van der Waals surface area (Å²) < 4.78 is 0. The van der Waals surface area contributed by atoms with E-state index in [-0.39, 0.29) is 0 Å². The molecule has 0 aliphatic rings. The Morgan fingerprint density at radius 2 is 1.82 bits per heavy atom. The zero-order chi connectivity index (χ0) is 8.27. The van der Waals surface area contributed by atoms with Crippen molar-refractivity contribution in [1.82, 2.24) is 9.97 Å². The highest BCUT2D eigenvalue weighted by molar-refractivity contribution is 5.40. The van der Waals surface area contributed by atoms with Crippen LogP contribution in [0.5, 0.6) is 0 Å². The minimum Gasteiger partial charge on any atom is -0.370 e. The molecule has 0 radical (unpaired) electrons. The Balaban J connectivity index is 2.77. The summed E-state index contributed by atoms with van der Waals surface area (Å²) in [6, 6.07) is 0.487. The first-order valence-electron chi connectivity index (χ1n) is 3.69. The molecule has 0 unspecified atom stereocenters. The fourth-order valence-corrected chi connectivity index (χ4v) is 0.772. The van der Waals surface area contributed by atoms with E-state index in [4.69, 9.17) is 0 Å². The standard InChI is InChI=1S/C8H13N3/c1-7(2)11(3)8-4-9-6-10-5-8/h4-7H,1-3H3. The van der Waals surface area contributed by atoms with E-state index in [1.54, 1.807) is 0 Å². The van der Waals surface area contributed by atoms with Crippen molar-refractivity contribution in [2.24, 2.45) is 0 Å². The van der Waals surface area contributed by atoms with Gasteiger partial charge in [-0.2, -0.15) is 0 Å². The average molecular weight is 151 g/mol. The molecule has 0 spiro atoms. The first-order chi connectivity index (χ1) is 5.22. The number of anilines is 1. The van der Waals surface area contributed by atoms with Crippen molar-refractivity contribution in [3.8, 4) is 0 Å². The second-order valence-electron chi connectivity index (χ2n) is 2.80. The summed E-state index contributed by atoms with van der Waals surface area (Å²) in [5.41, 5.74) is 1.06. The Labute approximate surface area is 67.1 Å². The van der Waals surface area contributed by atoms with E-state index in [0.29, 0.717) is 6.04 Å². The molecule has 0 N–H and O–H groups in total.